The molecule has 6 nitrogen and oxygen atoms in total. The number of carbonyl (C=O) groups excluding carboxylic acids is 2. The predicted molar refractivity (Wildman–Crippen MR) is 145 cm³/mol. The van der Waals surface area contributed by atoms with Gasteiger partial charge in [-0.3, -0.25) is 9.59 Å². The highest BCUT2D eigenvalue weighted by molar-refractivity contribution is 7.98. The van der Waals surface area contributed by atoms with E-state index in [2.05, 4.69) is 16.3 Å². The van der Waals surface area contributed by atoms with E-state index in [-0.39, 0.29) is 30.0 Å². The van der Waals surface area contributed by atoms with Gasteiger partial charge >= 0.3 is 0 Å². The molecule has 0 spiro atoms. The quantitative estimate of drug-likeness (QED) is 0.392. The Hall–Kier alpha value is -3.76. The summed E-state index contributed by atoms with van der Waals surface area (Å²) in [6.07, 6.45) is 3.69. The molecule has 37 heavy (non-hydrogen) atoms. The number of amides is 2. The van der Waals surface area contributed by atoms with Gasteiger partial charge in [0, 0.05) is 53.7 Å². The van der Waals surface area contributed by atoms with Crippen molar-refractivity contribution in [2.75, 3.05) is 5.32 Å². The first-order valence-corrected chi connectivity index (χ1v) is 13.6. The number of benzene rings is 3. The normalized spacial score (nSPS) is 20.2. The molecule has 2 aliphatic rings. The number of hydrogen-bond acceptors (Lipinski definition) is 5. The van der Waals surface area contributed by atoms with Crippen LogP contribution in [0.15, 0.2) is 77.7 Å². The molecule has 5 rings (SSSR count). The minimum atomic E-state index is -0.0805. The second kappa shape index (κ2) is 11.1. The largest absolute Gasteiger partial charge is 0.490 e. The van der Waals surface area contributed by atoms with Crippen LogP contribution in [0.5, 0.6) is 5.75 Å². The Labute approximate surface area is 221 Å². The molecule has 2 unspecified atom stereocenters. The number of carbonyl (C=O) groups is 2. The monoisotopic (exact) mass is 511 g/mol. The summed E-state index contributed by atoms with van der Waals surface area (Å²) < 4.78 is 6.20. The van der Waals surface area contributed by atoms with E-state index in [1.54, 1.807) is 23.9 Å². The Kier molecular flexibility index (Phi) is 7.47. The molecule has 0 saturated carbocycles. The number of thioether (sulfide) groups is 1. The van der Waals surface area contributed by atoms with Gasteiger partial charge in [-0.05, 0) is 73.0 Å². The van der Waals surface area contributed by atoms with E-state index in [0.29, 0.717) is 5.56 Å². The van der Waals surface area contributed by atoms with Gasteiger partial charge in [0.2, 0.25) is 5.91 Å². The highest BCUT2D eigenvalue weighted by atomic mass is 32.2. The maximum atomic E-state index is 13.4. The van der Waals surface area contributed by atoms with Crippen molar-refractivity contribution in [3.8, 4) is 11.8 Å². The standard InChI is InChI=1S/C30H29N3O3S/c1-20(34)32-24-9-13-29(14-10-24)37-19-21-5-7-23(8-6-21)30(35)33-25-11-12-26(33)17-28(16-25)36-27-4-2-3-22(15-27)18-31/h2-10,13-15,25-26,28H,11-12,16-17,19H2,1H3,(H,32,34). The van der Waals surface area contributed by atoms with E-state index in [4.69, 9.17) is 10.00 Å². The number of hydrogen-bond donors (Lipinski definition) is 1. The zero-order valence-electron chi connectivity index (χ0n) is 20.7. The molecule has 3 aromatic carbocycles. The van der Waals surface area contributed by atoms with Crippen molar-refractivity contribution < 1.29 is 14.3 Å². The first-order valence-electron chi connectivity index (χ1n) is 12.6. The fraction of sp³-hybridized carbons (Fsp3) is 0.300. The Morgan fingerprint density at radius 1 is 1.03 bits per heavy atom. The molecule has 2 saturated heterocycles. The first kappa shape index (κ1) is 24.9. The van der Waals surface area contributed by atoms with Crippen LogP contribution in [-0.4, -0.2) is 34.9 Å². The maximum absolute atomic E-state index is 13.4. The molecular formula is C30H29N3O3S. The van der Waals surface area contributed by atoms with Gasteiger partial charge in [0.25, 0.3) is 5.91 Å². The number of anilines is 1. The molecular weight excluding hydrogens is 482 g/mol. The van der Waals surface area contributed by atoms with E-state index < -0.39 is 0 Å². The second-order valence-corrected chi connectivity index (χ2v) is 10.7. The fourth-order valence-corrected chi connectivity index (χ4v) is 6.14. The lowest BCUT2D eigenvalue weighted by Crippen LogP contribution is -2.49. The summed E-state index contributed by atoms with van der Waals surface area (Å²) in [7, 11) is 0. The first-order chi connectivity index (χ1) is 18.0. The molecule has 0 aromatic heterocycles. The zero-order valence-corrected chi connectivity index (χ0v) is 21.5. The van der Waals surface area contributed by atoms with Crippen molar-refractivity contribution in [1.82, 2.24) is 4.90 Å². The van der Waals surface area contributed by atoms with Gasteiger partial charge in [0.15, 0.2) is 0 Å². The molecule has 2 aliphatic heterocycles. The van der Waals surface area contributed by atoms with Crippen LogP contribution >= 0.6 is 11.8 Å². The lowest BCUT2D eigenvalue weighted by atomic mass is 9.98. The van der Waals surface area contributed by atoms with Gasteiger partial charge in [-0.25, -0.2) is 0 Å². The summed E-state index contributed by atoms with van der Waals surface area (Å²) in [4.78, 5) is 27.8. The number of nitrogens with zero attached hydrogens (tertiary/aromatic N) is 2. The van der Waals surface area contributed by atoms with Crippen LogP contribution in [0.2, 0.25) is 0 Å². The van der Waals surface area contributed by atoms with Crippen molar-refractivity contribution in [2.24, 2.45) is 0 Å². The van der Waals surface area contributed by atoms with Crippen LogP contribution in [-0.2, 0) is 10.5 Å². The van der Waals surface area contributed by atoms with Crippen LogP contribution in [0.4, 0.5) is 5.69 Å². The van der Waals surface area contributed by atoms with Gasteiger partial charge < -0.3 is 15.0 Å². The van der Waals surface area contributed by atoms with E-state index >= 15 is 0 Å². The molecule has 2 bridgehead atoms. The van der Waals surface area contributed by atoms with Gasteiger partial charge in [0.1, 0.15) is 11.9 Å². The number of fused-ring (bicyclic) bond motifs is 2. The third-order valence-electron chi connectivity index (χ3n) is 6.97. The van der Waals surface area contributed by atoms with Gasteiger partial charge in [0.05, 0.1) is 11.6 Å². The molecule has 0 radical (unpaired) electrons. The summed E-state index contributed by atoms with van der Waals surface area (Å²) in [5.41, 5.74) is 3.26. The predicted octanol–water partition coefficient (Wildman–Crippen LogP) is 6.02. The molecule has 2 atom stereocenters. The van der Waals surface area contributed by atoms with Crippen LogP contribution in [0.1, 0.15) is 54.1 Å². The Bertz CT molecular complexity index is 1300. The molecule has 2 fully saturated rings. The third-order valence-corrected chi connectivity index (χ3v) is 8.05. The molecule has 3 aromatic rings. The Morgan fingerprint density at radius 3 is 2.38 bits per heavy atom. The topological polar surface area (TPSA) is 82.4 Å². The van der Waals surface area contributed by atoms with Crippen molar-refractivity contribution in [2.45, 2.75) is 61.4 Å². The Morgan fingerprint density at radius 2 is 1.73 bits per heavy atom. The molecule has 2 amide bonds. The van der Waals surface area contributed by atoms with Gasteiger partial charge in [-0.2, -0.15) is 5.26 Å². The van der Waals surface area contributed by atoms with Gasteiger partial charge in [-0.1, -0.05) is 18.2 Å². The van der Waals surface area contributed by atoms with Crippen molar-refractivity contribution >= 4 is 29.3 Å². The highest BCUT2D eigenvalue weighted by Crippen LogP contribution is 2.38. The zero-order chi connectivity index (χ0) is 25.8. The van der Waals surface area contributed by atoms with E-state index in [1.165, 1.54) is 6.92 Å². The third kappa shape index (κ3) is 5.98. The average Bonchev–Trinajstić information content (AvgIpc) is 3.18. The second-order valence-electron chi connectivity index (χ2n) is 9.64. The van der Waals surface area contributed by atoms with Crippen molar-refractivity contribution in [3.63, 3.8) is 0 Å². The van der Waals surface area contributed by atoms with Crippen LogP contribution < -0.4 is 10.1 Å². The van der Waals surface area contributed by atoms with Crippen LogP contribution in [0.25, 0.3) is 0 Å². The minimum Gasteiger partial charge on any atom is -0.490 e. The van der Waals surface area contributed by atoms with E-state index in [0.717, 1.165) is 58.9 Å². The Balaban J connectivity index is 1.16. The van der Waals surface area contributed by atoms with E-state index in [9.17, 15) is 9.59 Å². The van der Waals surface area contributed by atoms with Crippen LogP contribution in [0.3, 0.4) is 0 Å². The summed E-state index contributed by atoms with van der Waals surface area (Å²) in [5, 5.41) is 11.9. The number of nitriles is 1. The van der Waals surface area contributed by atoms with E-state index in [1.807, 2.05) is 60.7 Å². The van der Waals surface area contributed by atoms with Crippen molar-refractivity contribution in [1.29, 1.82) is 5.26 Å². The lowest BCUT2D eigenvalue weighted by molar-refractivity contribution is -0.114. The molecule has 0 aliphatic carbocycles. The summed E-state index contributed by atoms with van der Waals surface area (Å²) in [5.74, 6) is 1.54. The summed E-state index contributed by atoms with van der Waals surface area (Å²) in [6.45, 7) is 1.50. The summed E-state index contributed by atoms with van der Waals surface area (Å²) >= 11 is 1.72. The van der Waals surface area contributed by atoms with Crippen molar-refractivity contribution in [3.05, 3.63) is 89.5 Å². The number of nitrogens with one attached hydrogen (secondary N) is 1. The number of rotatable bonds is 7. The number of ether oxygens (including phenoxy) is 1. The molecule has 2 heterocycles. The molecule has 7 heteroatoms. The average molecular weight is 512 g/mol. The smallest absolute Gasteiger partial charge is 0.254 e. The molecule has 188 valence electrons. The fourth-order valence-electron chi connectivity index (χ4n) is 5.28. The molecule has 1 N–H and O–H groups in total. The lowest BCUT2D eigenvalue weighted by Gasteiger charge is -2.39. The van der Waals surface area contributed by atoms with Crippen LogP contribution in [0, 0.1) is 11.3 Å². The maximum Gasteiger partial charge on any atom is 0.254 e. The SMILES string of the molecule is CC(=O)Nc1ccc(SCc2ccc(C(=O)N3C4CCC3CC(Oc3cccc(C#N)c3)C4)cc2)cc1. The van der Waals surface area contributed by atoms with Gasteiger partial charge in [-0.15, -0.1) is 11.8 Å². The summed E-state index contributed by atoms with van der Waals surface area (Å²) in [6, 6.07) is 25.5. The number of piperidine rings is 1. The highest BCUT2D eigenvalue weighted by Gasteiger charge is 2.44. The minimum absolute atomic E-state index is 0.0576.